The summed E-state index contributed by atoms with van der Waals surface area (Å²) in [7, 11) is 0. The van der Waals surface area contributed by atoms with Crippen LogP contribution in [0.2, 0.25) is 0 Å². The van der Waals surface area contributed by atoms with Gasteiger partial charge in [-0.3, -0.25) is 0 Å². The van der Waals surface area contributed by atoms with E-state index in [0.717, 1.165) is 11.8 Å². The van der Waals surface area contributed by atoms with Crippen molar-refractivity contribution in [2.75, 3.05) is 5.33 Å². The molecule has 0 radical (unpaired) electrons. The molecule has 1 rings (SSSR count). The van der Waals surface area contributed by atoms with Crippen LogP contribution in [0.4, 0.5) is 0 Å². The van der Waals surface area contributed by atoms with Crippen LogP contribution in [-0.2, 0) is 6.42 Å². The summed E-state index contributed by atoms with van der Waals surface area (Å²) in [6.45, 7) is 4.42. The lowest BCUT2D eigenvalue weighted by atomic mass is 10.0. The topological polar surface area (TPSA) is 0 Å². The summed E-state index contributed by atoms with van der Waals surface area (Å²) in [6, 6.07) is 8.89. The van der Waals surface area contributed by atoms with Crippen molar-refractivity contribution in [1.29, 1.82) is 0 Å². The van der Waals surface area contributed by atoms with Crippen molar-refractivity contribution in [1.82, 2.24) is 0 Å². The average Bonchev–Trinajstić information content (AvgIpc) is 2.17. The maximum atomic E-state index is 3.49. The monoisotopic (exact) mass is 226 g/mol. The van der Waals surface area contributed by atoms with Crippen LogP contribution < -0.4 is 0 Å². The van der Waals surface area contributed by atoms with Crippen LogP contribution in [0.3, 0.4) is 0 Å². The quantitative estimate of drug-likeness (QED) is 0.690. The van der Waals surface area contributed by atoms with E-state index in [-0.39, 0.29) is 0 Å². The van der Waals surface area contributed by atoms with Gasteiger partial charge in [0, 0.05) is 5.33 Å². The van der Waals surface area contributed by atoms with E-state index < -0.39 is 0 Å². The van der Waals surface area contributed by atoms with Crippen molar-refractivity contribution in [3.63, 3.8) is 0 Å². The molecule has 1 aromatic carbocycles. The molecule has 0 aliphatic carbocycles. The smallest absolute Gasteiger partial charge is 0.00975 e. The maximum absolute atomic E-state index is 3.49. The third-order valence-corrected chi connectivity index (χ3v) is 3.16. The molecular formula is C11H15Br. The number of hydrogen-bond donors (Lipinski definition) is 0. The second-order valence-corrected chi connectivity index (χ2v) is 3.80. The van der Waals surface area contributed by atoms with Gasteiger partial charge in [-0.15, -0.1) is 0 Å². The van der Waals surface area contributed by atoms with E-state index in [9.17, 15) is 0 Å². The summed E-state index contributed by atoms with van der Waals surface area (Å²) in [5.41, 5.74) is 2.84. The first kappa shape index (κ1) is 9.79. The molecule has 0 saturated heterocycles. The Labute approximate surface area is 83.1 Å². The summed E-state index contributed by atoms with van der Waals surface area (Å²) in [6.07, 6.45) is 1.13. The molecule has 0 fully saturated rings. The molecular weight excluding hydrogens is 212 g/mol. The second-order valence-electron chi connectivity index (χ2n) is 3.15. The highest BCUT2D eigenvalue weighted by atomic mass is 79.9. The van der Waals surface area contributed by atoms with E-state index >= 15 is 0 Å². The van der Waals surface area contributed by atoms with E-state index in [2.05, 4.69) is 54.0 Å². The van der Waals surface area contributed by atoms with Crippen LogP contribution >= 0.6 is 15.9 Å². The molecule has 1 aromatic rings. The number of halogens is 1. The summed E-state index contributed by atoms with van der Waals surface area (Å²) in [5, 5.41) is 1.04. The molecule has 1 atom stereocenters. The fourth-order valence-corrected chi connectivity index (χ4v) is 1.54. The van der Waals surface area contributed by atoms with Crippen LogP contribution in [0.25, 0.3) is 0 Å². The number of hydrogen-bond acceptors (Lipinski definition) is 0. The van der Waals surface area contributed by atoms with E-state index in [4.69, 9.17) is 0 Å². The fraction of sp³-hybridized carbons (Fsp3) is 0.455. The normalized spacial score (nSPS) is 12.9. The number of alkyl halides is 1. The van der Waals surface area contributed by atoms with Crippen molar-refractivity contribution in [3.8, 4) is 0 Å². The molecule has 0 nitrogen and oxygen atoms in total. The van der Waals surface area contributed by atoms with E-state index in [0.29, 0.717) is 5.92 Å². The van der Waals surface area contributed by atoms with Crippen molar-refractivity contribution >= 4 is 15.9 Å². The van der Waals surface area contributed by atoms with E-state index in [1.54, 1.807) is 0 Å². The molecule has 0 aromatic heterocycles. The van der Waals surface area contributed by atoms with Gasteiger partial charge in [-0.05, 0) is 23.5 Å². The highest BCUT2D eigenvalue weighted by Gasteiger charge is 2.01. The SMILES string of the molecule is CCc1ccc(C(C)CBr)cc1. The Hall–Kier alpha value is -0.300. The van der Waals surface area contributed by atoms with Crippen molar-refractivity contribution in [3.05, 3.63) is 35.4 Å². The minimum Gasteiger partial charge on any atom is -0.0922 e. The average molecular weight is 227 g/mol. The summed E-state index contributed by atoms with van der Waals surface area (Å²) in [5.74, 6) is 0.621. The van der Waals surface area contributed by atoms with E-state index in [1.807, 2.05) is 0 Å². The molecule has 0 bridgehead atoms. The zero-order valence-electron chi connectivity index (χ0n) is 7.68. The molecule has 1 unspecified atom stereocenters. The van der Waals surface area contributed by atoms with Gasteiger partial charge in [-0.1, -0.05) is 54.0 Å². The zero-order valence-corrected chi connectivity index (χ0v) is 9.26. The lowest BCUT2D eigenvalue weighted by Gasteiger charge is -2.07. The van der Waals surface area contributed by atoms with Crippen LogP contribution in [0.15, 0.2) is 24.3 Å². The Kier molecular flexibility index (Phi) is 3.80. The molecule has 0 spiro atoms. The lowest BCUT2D eigenvalue weighted by Crippen LogP contribution is -1.94. The third kappa shape index (κ3) is 2.34. The Balaban J connectivity index is 2.77. The molecule has 0 heterocycles. The first-order chi connectivity index (χ1) is 5.77. The first-order valence-corrected chi connectivity index (χ1v) is 5.55. The lowest BCUT2D eigenvalue weighted by molar-refractivity contribution is 0.886. The van der Waals surface area contributed by atoms with Gasteiger partial charge in [0.1, 0.15) is 0 Å². The summed E-state index contributed by atoms with van der Waals surface area (Å²) < 4.78 is 0. The molecule has 1 heteroatoms. The van der Waals surface area contributed by atoms with Gasteiger partial charge in [0.25, 0.3) is 0 Å². The van der Waals surface area contributed by atoms with Crippen LogP contribution in [0.5, 0.6) is 0 Å². The van der Waals surface area contributed by atoms with Crippen LogP contribution in [0.1, 0.15) is 30.9 Å². The molecule has 0 amide bonds. The van der Waals surface area contributed by atoms with Gasteiger partial charge in [-0.25, -0.2) is 0 Å². The van der Waals surface area contributed by atoms with Crippen LogP contribution in [-0.4, -0.2) is 5.33 Å². The van der Waals surface area contributed by atoms with Crippen LogP contribution in [0, 0.1) is 0 Å². The zero-order chi connectivity index (χ0) is 8.97. The van der Waals surface area contributed by atoms with Gasteiger partial charge in [0.15, 0.2) is 0 Å². The number of benzene rings is 1. The van der Waals surface area contributed by atoms with Gasteiger partial charge in [-0.2, -0.15) is 0 Å². The molecule has 0 saturated carbocycles. The van der Waals surface area contributed by atoms with Crippen molar-refractivity contribution < 1.29 is 0 Å². The number of rotatable bonds is 3. The number of aryl methyl sites for hydroxylation is 1. The molecule has 12 heavy (non-hydrogen) atoms. The largest absolute Gasteiger partial charge is 0.0922 e. The van der Waals surface area contributed by atoms with Gasteiger partial charge < -0.3 is 0 Å². The van der Waals surface area contributed by atoms with Gasteiger partial charge in [0.05, 0.1) is 0 Å². The highest BCUT2D eigenvalue weighted by molar-refractivity contribution is 9.09. The van der Waals surface area contributed by atoms with Gasteiger partial charge in [0.2, 0.25) is 0 Å². The Morgan fingerprint density at radius 3 is 2.25 bits per heavy atom. The second kappa shape index (κ2) is 4.66. The predicted molar refractivity (Wildman–Crippen MR) is 58.0 cm³/mol. The Morgan fingerprint density at radius 1 is 1.25 bits per heavy atom. The maximum Gasteiger partial charge on any atom is 0.00975 e. The fourth-order valence-electron chi connectivity index (χ4n) is 1.17. The Bertz CT molecular complexity index is 225. The van der Waals surface area contributed by atoms with E-state index in [1.165, 1.54) is 11.1 Å². The standard InChI is InChI=1S/C11H15Br/c1-3-10-4-6-11(7-5-10)9(2)8-12/h4-7,9H,3,8H2,1-2H3. The van der Waals surface area contributed by atoms with Gasteiger partial charge >= 0.3 is 0 Å². The molecule has 0 N–H and O–H groups in total. The minimum absolute atomic E-state index is 0.621. The summed E-state index contributed by atoms with van der Waals surface area (Å²) >= 11 is 3.49. The third-order valence-electron chi connectivity index (χ3n) is 2.19. The predicted octanol–water partition coefficient (Wildman–Crippen LogP) is 3.75. The highest BCUT2D eigenvalue weighted by Crippen LogP contribution is 2.17. The van der Waals surface area contributed by atoms with Crippen molar-refractivity contribution in [2.24, 2.45) is 0 Å². The summed E-state index contributed by atoms with van der Waals surface area (Å²) in [4.78, 5) is 0. The molecule has 0 aliphatic rings. The Morgan fingerprint density at radius 2 is 1.83 bits per heavy atom. The molecule has 0 aliphatic heterocycles. The van der Waals surface area contributed by atoms with Crippen molar-refractivity contribution in [2.45, 2.75) is 26.2 Å². The molecule has 66 valence electrons. The minimum atomic E-state index is 0.621. The first-order valence-electron chi connectivity index (χ1n) is 4.42.